The molecular formula is C3H3BCl2O6. The highest BCUT2D eigenvalue weighted by Gasteiger charge is 2.45. The van der Waals surface area contributed by atoms with Crippen LogP contribution in [0.25, 0.3) is 0 Å². The SMILES string of the molecule is O=C(O)C(Cl)(Cl)C(=O)OB(O)O. The van der Waals surface area contributed by atoms with Gasteiger partial charge in [-0.15, -0.1) is 0 Å². The molecule has 0 aliphatic carbocycles. The van der Waals surface area contributed by atoms with Crippen molar-refractivity contribution >= 4 is 42.5 Å². The molecule has 0 amide bonds. The Hall–Kier alpha value is -0.495. The lowest BCUT2D eigenvalue weighted by Gasteiger charge is -2.12. The Morgan fingerprint density at radius 3 is 2.00 bits per heavy atom. The summed E-state index contributed by atoms with van der Waals surface area (Å²) in [5.41, 5.74) is 0. The topological polar surface area (TPSA) is 104 Å². The average molecular weight is 217 g/mol. The Balaban J connectivity index is 4.36. The van der Waals surface area contributed by atoms with E-state index < -0.39 is 23.6 Å². The molecule has 6 nitrogen and oxygen atoms in total. The van der Waals surface area contributed by atoms with Crippen molar-refractivity contribution < 1.29 is 29.4 Å². The number of carbonyl (C=O) groups excluding carboxylic acids is 1. The van der Waals surface area contributed by atoms with Crippen LogP contribution in [0.2, 0.25) is 0 Å². The fourth-order valence-electron chi connectivity index (χ4n) is 0.257. The van der Waals surface area contributed by atoms with Gasteiger partial charge in [0.25, 0.3) is 0 Å². The van der Waals surface area contributed by atoms with Gasteiger partial charge in [-0.2, -0.15) is 0 Å². The van der Waals surface area contributed by atoms with Crippen LogP contribution in [0.15, 0.2) is 0 Å². The number of alkyl halides is 2. The monoisotopic (exact) mass is 216 g/mol. The van der Waals surface area contributed by atoms with E-state index in [4.69, 9.17) is 38.4 Å². The van der Waals surface area contributed by atoms with E-state index in [1.807, 2.05) is 0 Å². The number of carboxylic acids is 1. The van der Waals surface area contributed by atoms with Crippen LogP contribution < -0.4 is 0 Å². The van der Waals surface area contributed by atoms with Crippen LogP contribution in [0, 0.1) is 0 Å². The van der Waals surface area contributed by atoms with Gasteiger partial charge in [0.2, 0.25) is 0 Å². The second-order valence-electron chi connectivity index (χ2n) is 1.61. The van der Waals surface area contributed by atoms with Gasteiger partial charge in [0.1, 0.15) is 0 Å². The van der Waals surface area contributed by atoms with Crippen molar-refractivity contribution in [3.8, 4) is 0 Å². The number of aliphatic carboxylic acids is 1. The first kappa shape index (κ1) is 11.5. The zero-order valence-electron chi connectivity index (χ0n) is 5.40. The fraction of sp³-hybridized carbons (Fsp3) is 0.333. The van der Waals surface area contributed by atoms with Gasteiger partial charge < -0.3 is 19.8 Å². The molecule has 0 spiro atoms. The molecule has 3 N–H and O–H groups in total. The Kier molecular flexibility index (Phi) is 3.78. The summed E-state index contributed by atoms with van der Waals surface area (Å²) in [6.07, 6.45) is 0. The van der Waals surface area contributed by atoms with Crippen LogP contribution in [0.4, 0.5) is 0 Å². The minimum atomic E-state index is -2.83. The minimum absolute atomic E-state index is 1.67. The summed E-state index contributed by atoms with van der Waals surface area (Å²) in [7, 11) is -2.45. The van der Waals surface area contributed by atoms with Gasteiger partial charge in [0.15, 0.2) is 0 Å². The largest absolute Gasteiger partial charge is 0.709 e. The van der Waals surface area contributed by atoms with E-state index in [0.29, 0.717) is 0 Å². The average Bonchev–Trinajstić information content (AvgIpc) is 1.85. The van der Waals surface area contributed by atoms with Crippen LogP contribution in [-0.4, -0.2) is 38.7 Å². The zero-order chi connectivity index (χ0) is 9.94. The third-order valence-corrected chi connectivity index (χ3v) is 1.37. The first-order valence-corrected chi connectivity index (χ1v) is 3.22. The lowest BCUT2D eigenvalue weighted by atomic mass is 10.2. The maximum Gasteiger partial charge on any atom is 0.709 e. The van der Waals surface area contributed by atoms with E-state index in [1.54, 1.807) is 0 Å². The molecule has 0 fully saturated rings. The molecule has 0 aromatic heterocycles. The third kappa shape index (κ3) is 2.86. The number of rotatable bonds is 3. The number of carboxylic acid groups (broad SMARTS) is 1. The number of halogens is 2. The third-order valence-electron chi connectivity index (χ3n) is 0.737. The minimum Gasteiger partial charge on any atom is -0.482 e. The van der Waals surface area contributed by atoms with Crippen molar-refractivity contribution in [2.75, 3.05) is 0 Å². The van der Waals surface area contributed by atoms with Crippen molar-refractivity contribution in [3.05, 3.63) is 0 Å². The predicted molar refractivity (Wildman–Crippen MR) is 38.4 cm³/mol. The summed E-state index contributed by atoms with van der Waals surface area (Å²) in [6, 6.07) is 0. The molecule has 0 aliphatic rings. The summed E-state index contributed by atoms with van der Waals surface area (Å²) in [5.74, 6) is -3.54. The molecule has 0 saturated carbocycles. The highest BCUT2D eigenvalue weighted by Crippen LogP contribution is 2.22. The van der Waals surface area contributed by atoms with E-state index in [9.17, 15) is 9.59 Å². The van der Waals surface area contributed by atoms with Crippen molar-refractivity contribution in [1.29, 1.82) is 0 Å². The Bertz CT molecular complexity index is 203. The summed E-state index contributed by atoms with van der Waals surface area (Å²) < 4.78 is 0.774. The maximum absolute atomic E-state index is 10.5. The second-order valence-corrected chi connectivity index (χ2v) is 2.94. The van der Waals surface area contributed by atoms with Crippen LogP contribution in [-0.2, 0) is 14.2 Å². The van der Waals surface area contributed by atoms with Crippen LogP contribution in [0.3, 0.4) is 0 Å². The summed E-state index contributed by atoms with van der Waals surface area (Å²) in [6.45, 7) is 0. The van der Waals surface area contributed by atoms with Crippen LogP contribution in [0.5, 0.6) is 0 Å². The zero-order valence-corrected chi connectivity index (χ0v) is 6.91. The van der Waals surface area contributed by atoms with E-state index in [2.05, 4.69) is 4.65 Å². The molecule has 0 heterocycles. The number of hydrogen-bond donors (Lipinski definition) is 3. The maximum atomic E-state index is 10.5. The summed E-state index contributed by atoms with van der Waals surface area (Å²) >= 11 is 9.87. The van der Waals surface area contributed by atoms with Crippen molar-refractivity contribution in [2.24, 2.45) is 0 Å². The molecule has 0 radical (unpaired) electrons. The molecule has 0 bridgehead atoms. The molecule has 0 saturated heterocycles. The molecule has 0 aromatic rings. The van der Waals surface area contributed by atoms with Crippen molar-refractivity contribution in [3.63, 3.8) is 0 Å². The molecule has 0 rings (SSSR count). The van der Waals surface area contributed by atoms with Gasteiger partial charge in [-0.25, -0.2) is 9.59 Å². The Morgan fingerprint density at radius 1 is 1.33 bits per heavy atom. The molecule has 0 atom stereocenters. The highest BCUT2D eigenvalue weighted by atomic mass is 35.5. The smallest absolute Gasteiger partial charge is 0.482 e. The van der Waals surface area contributed by atoms with Gasteiger partial charge in [0, 0.05) is 0 Å². The van der Waals surface area contributed by atoms with Crippen LogP contribution >= 0.6 is 23.2 Å². The lowest BCUT2D eigenvalue weighted by Crippen LogP contribution is -2.40. The predicted octanol–water partition coefficient (Wildman–Crippen LogP) is -1.24. The number of carbonyl (C=O) groups is 2. The molecule has 0 aromatic carbocycles. The molecule has 0 aliphatic heterocycles. The first-order valence-electron chi connectivity index (χ1n) is 2.47. The molecule has 9 heteroatoms. The Morgan fingerprint density at radius 2 is 1.75 bits per heavy atom. The molecular weight excluding hydrogens is 214 g/mol. The van der Waals surface area contributed by atoms with Gasteiger partial charge in [-0.3, -0.25) is 0 Å². The van der Waals surface area contributed by atoms with E-state index in [-0.39, 0.29) is 0 Å². The second kappa shape index (κ2) is 3.95. The molecule has 68 valence electrons. The van der Waals surface area contributed by atoms with Crippen LogP contribution in [0.1, 0.15) is 0 Å². The Labute approximate surface area is 76.8 Å². The first-order chi connectivity index (χ1) is 5.28. The summed E-state index contributed by atoms with van der Waals surface area (Å²) in [4.78, 5) is 20.6. The van der Waals surface area contributed by atoms with Gasteiger partial charge in [-0.1, -0.05) is 23.2 Å². The van der Waals surface area contributed by atoms with Crippen molar-refractivity contribution in [2.45, 2.75) is 4.33 Å². The molecule has 12 heavy (non-hydrogen) atoms. The van der Waals surface area contributed by atoms with E-state index >= 15 is 0 Å². The standard InChI is InChI=1S/C3H3BCl2O6/c5-3(6,1(7)8)2(9)12-4(10)11/h10-11H,(H,7,8). The van der Waals surface area contributed by atoms with E-state index in [1.165, 1.54) is 0 Å². The van der Waals surface area contributed by atoms with Gasteiger partial charge >= 0.3 is 23.6 Å². The quantitative estimate of drug-likeness (QED) is 0.310. The highest BCUT2D eigenvalue weighted by molar-refractivity contribution is 6.67. The van der Waals surface area contributed by atoms with Gasteiger partial charge in [-0.05, 0) is 0 Å². The van der Waals surface area contributed by atoms with E-state index in [0.717, 1.165) is 0 Å². The summed E-state index contributed by atoms with van der Waals surface area (Å²) in [5, 5.41) is 24.3. The fourth-order valence-corrected chi connectivity index (χ4v) is 0.346. The number of hydrogen-bond acceptors (Lipinski definition) is 5. The van der Waals surface area contributed by atoms with Gasteiger partial charge in [0.05, 0.1) is 0 Å². The van der Waals surface area contributed by atoms with Crippen molar-refractivity contribution in [1.82, 2.24) is 0 Å². The molecule has 0 unspecified atom stereocenters. The normalized spacial score (nSPS) is 10.7. The lowest BCUT2D eigenvalue weighted by molar-refractivity contribution is -0.148.